The predicted molar refractivity (Wildman–Crippen MR) is 133 cm³/mol. The molecule has 0 aromatic heterocycles. The lowest BCUT2D eigenvalue weighted by Crippen LogP contribution is -2.49. The number of amides is 1. The number of carbonyl (C=O) groups is 1. The number of aryl methyl sites for hydroxylation is 2. The number of carbonyl (C=O) groups excluding carboxylic acids is 1. The fraction of sp³-hybridized carbons (Fsp3) is 0.240. The van der Waals surface area contributed by atoms with Crippen molar-refractivity contribution in [1.29, 1.82) is 0 Å². The van der Waals surface area contributed by atoms with Gasteiger partial charge in [-0.2, -0.15) is 0 Å². The Balaban J connectivity index is 1.52. The molecule has 0 radical (unpaired) electrons. The van der Waals surface area contributed by atoms with E-state index in [2.05, 4.69) is 4.72 Å². The van der Waals surface area contributed by atoms with Gasteiger partial charge in [-0.3, -0.25) is 9.52 Å². The summed E-state index contributed by atoms with van der Waals surface area (Å²) in [6, 6.07) is 16.2. The minimum atomic E-state index is -4.02. The Kier molecular flexibility index (Phi) is 6.81. The molecule has 6 nitrogen and oxygen atoms in total. The molecular formula is C25H25ClFN3O3S. The van der Waals surface area contributed by atoms with E-state index in [1.54, 1.807) is 36.1 Å². The maximum atomic E-state index is 14.1. The Bertz CT molecular complexity index is 1340. The number of benzene rings is 3. The van der Waals surface area contributed by atoms with Gasteiger partial charge in [-0.1, -0.05) is 35.9 Å². The van der Waals surface area contributed by atoms with Gasteiger partial charge < -0.3 is 9.80 Å². The van der Waals surface area contributed by atoms with Crippen LogP contribution in [0.25, 0.3) is 0 Å². The Hall–Kier alpha value is -3.10. The molecular weight excluding hydrogens is 477 g/mol. The minimum Gasteiger partial charge on any atom is -0.366 e. The molecule has 1 aliphatic heterocycles. The molecule has 0 spiro atoms. The van der Waals surface area contributed by atoms with Crippen LogP contribution < -0.4 is 9.62 Å². The first-order valence-electron chi connectivity index (χ1n) is 10.8. The number of hydrogen-bond donors (Lipinski definition) is 1. The fourth-order valence-electron chi connectivity index (χ4n) is 3.93. The van der Waals surface area contributed by atoms with Gasteiger partial charge in [0.15, 0.2) is 0 Å². The van der Waals surface area contributed by atoms with Crippen molar-refractivity contribution in [3.63, 3.8) is 0 Å². The number of halogens is 2. The molecule has 0 aliphatic carbocycles. The highest BCUT2D eigenvalue weighted by Crippen LogP contribution is 2.28. The number of sulfonamides is 1. The normalized spacial score (nSPS) is 14.2. The van der Waals surface area contributed by atoms with Crippen LogP contribution in [0.1, 0.15) is 21.5 Å². The zero-order valence-corrected chi connectivity index (χ0v) is 20.5. The second kappa shape index (κ2) is 9.64. The van der Waals surface area contributed by atoms with Crippen LogP contribution in [0.5, 0.6) is 0 Å². The lowest BCUT2D eigenvalue weighted by molar-refractivity contribution is 0.0746. The lowest BCUT2D eigenvalue weighted by Gasteiger charge is -2.36. The van der Waals surface area contributed by atoms with Crippen molar-refractivity contribution in [1.82, 2.24) is 4.90 Å². The van der Waals surface area contributed by atoms with Gasteiger partial charge in [-0.15, -0.1) is 0 Å². The second-order valence-corrected chi connectivity index (χ2v) is 10.4. The van der Waals surface area contributed by atoms with Crippen molar-refractivity contribution in [2.45, 2.75) is 18.7 Å². The number of piperazine rings is 1. The van der Waals surface area contributed by atoms with Crippen molar-refractivity contribution >= 4 is 38.9 Å². The highest BCUT2D eigenvalue weighted by atomic mass is 35.5. The maximum Gasteiger partial charge on any atom is 0.263 e. The molecule has 1 aliphatic rings. The average Bonchev–Trinajstić information content (AvgIpc) is 2.81. The third kappa shape index (κ3) is 5.03. The highest BCUT2D eigenvalue weighted by Gasteiger charge is 2.26. The van der Waals surface area contributed by atoms with Gasteiger partial charge in [0.1, 0.15) is 10.7 Å². The predicted octanol–water partition coefficient (Wildman–Crippen LogP) is 4.86. The number of para-hydroxylation sites is 1. The van der Waals surface area contributed by atoms with E-state index in [-0.39, 0.29) is 27.2 Å². The molecule has 3 aromatic carbocycles. The van der Waals surface area contributed by atoms with E-state index >= 15 is 0 Å². The number of anilines is 2. The average molecular weight is 502 g/mol. The van der Waals surface area contributed by atoms with Gasteiger partial charge in [-0.25, -0.2) is 12.8 Å². The van der Waals surface area contributed by atoms with Gasteiger partial charge in [0.05, 0.1) is 16.4 Å². The van der Waals surface area contributed by atoms with E-state index in [4.69, 9.17) is 11.6 Å². The number of hydrogen-bond acceptors (Lipinski definition) is 4. The molecule has 1 fully saturated rings. The molecule has 1 N–H and O–H groups in total. The molecule has 34 heavy (non-hydrogen) atoms. The molecule has 1 saturated heterocycles. The van der Waals surface area contributed by atoms with Crippen LogP contribution in [0.3, 0.4) is 0 Å². The topological polar surface area (TPSA) is 69.7 Å². The van der Waals surface area contributed by atoms with Crippen LogP contribution in [0, 0.1) is 19.7 Å². The van der Waals surface area contributed by atoms with E-state index in [0.717, 1.165) is 11.1 Å². The molecule has 0 atom stereocenters. The maximum absolute atomic E-state index is 14.1. The Morgan fingerprint density at radius 1 is 0.971 bits per heavy atom. The van der Waals surface area contributed by atoms with Crippen molar-refractivity contribution in [3.8, 4) is 0 Å². The summed E-state index contributed by atoms with van der Waals surface area (Å²) in [6.07, 6.45) is 0. The molecule has 9 heteroatoms. The zero-order chi connectivity index (χ0) is 24.5. The second-order valence-electron chi connectivity index (χ2n) is 8.30. The quantitative estimate of drug-likeness (QED) is 0.542. The van der Waals surface area contributed by atoms with Crippen molar-refractivity contribution in [2.24, 2.45) is 0 Å². The largest absolute Gasteiger partial charge is 0.366 e. The fourth-order valence-corrected chi connectivity index (χ4v) is 5.58. The van der Waals surface area contributed by atoms with Gasteiger partial charge in [0, 0.05) is 31.7 Å². The van der Waals surface area contributed by atoms with Gasteiger partial charge in [0.25, 0.3) is 15.9 Å². The van der Waals surface area contributed by atoms with Crippen molar-refractivity contribution in [3.05, 3.63) is 88.2 Å². The van der Waals surface area contributed by atoms with Crippen LogP contribution in [0.15, 0.2) is 65.6 Å². The van der Waals surface area contributed by atoms with Crippen molar-refractivity contribution < 1.29 is 17.6 Å². The first-order valence-corrected chi connectivity index (χ1v) is 12.7. The van der Waals surface area contributed by atoms with E-state index in [1.165, 1.54) is 24.3 Å². The SMILES string of the molecule is Cc1ccc(C)c(NS(=O)(=O)c2cc(C(=O)N3CCN(c4ccccc4F)CC3)ccc2Cl)c1. The monoisotopic (exact) mass is 501 g/mol. The van der Waals surface area contributed by atoms with Crippen LogP contribution in [0.4, 0.5) is 15.8 Å². The summed E-state index contributed by atoms with van der Waals surface area (Å²) >= 11 is 6.22. The molecule has 4 rings (SSSR count). The third-order valence-corrected chi connectivity index (χ3v) is 7.71. The third-order valence-electron chi connectivity index (χ3n) is 5.87. The highest BCUT2D eigenvalue weighted by molar-refractivity contribution is 7.92. The number of nitrogens with one attached hydrogen (secondary N) is 1. The number of rotatable bonds is 5. The van der Waals surface area contributed by atoms with Crippen LogP contribution >= 0.6 is 11.6 Å². The molecule has 0 saturated carbocycles. The Morgan fingerprint density at radius 2 is 1.68 bits per heavy atom. The molecule has 178 valence electrons. The summed E-state index contributed by atoms with van der Waals surface area (Å²) in [5.74, 6) is -0.598. The Morgan fingerprint density at radius 3 is 2.38 bits per heavy atom. The van der Waals surface area contributed by atoms with E-state index in [1.807, 2.05) is 24.0 Å². The van der Waals surface area contributed by atoms with E-state index < -0.39 is 10.0 Å². The van der Waals surface area contributed by atoms with Gasteiger partial charge in [0.2, 0.25) is 0 Å². The summed E-state index contributed by atoms with van der Waals surface area (Å²) in [4.78, 5) is 16.5. The summed E-state index contributed by atoms with van der Waals surface area (Å²) in [5, 5.41) is 0.0266. The van der Waals surface area contributed by atoms with Crippen LogP contribution in [-0.2, 0) is 10.0 Å². The zero-order valence-electron chi connectivity index (χ0n) is 18.9. The molecule has 0 unspecified atom stereocenters. The van der Waals surface area contributed by atoms with E-state index in [0.29, 0.717) is 37.6 Å². The van der Waals surface area contributed by atoms with Crippen molar-refractivity contribution in [2.75, 3.05) is 35.8 Å². The van der Waals surface area contributed by atoms with Gasteiger partial charge >= 0.3 is 0 Å². The number of nitrogens with zero attached hydrogens (tertiary/aromatic N) is 2. The molecule has 0 bridgehead atoms. The Labute approximate surface area is 204 Å². The van der Waals surface area contributed by atoms with Crippen LogP contribution in [-0.4, -0.2) is 45.4 Å². The standard InChI is InChI=1S/C25H25ClFN3O3S/c1-17-7-8-18(2)22(15-17)28-34(32,33)24-16-19(9-10-20(24)26)25(31)30-13-11-29(12-14-30)23-6-4-3-5-21(23)27/h3-10,15-16,28H,11-14H2,1-2H3. The minimum absolute atomic E-state index is 0.0266. The molecule has 3 aromatic rings. The van der Waals surface area contributed by atoms with Crippen LogP contribution in [0.2, 0.25) is 5.02 Å². The lowest BCUT2D eigenvalue weighted by atomic mass is 10.1. The van der Waals surface area contributed by atoms with E-state index in [9.17, 15) is 17.6 Å². The summed E-state index contributed by atoms with van der Waals surface area (Å²) in [6.45, 7) is 5.39. The molecule has 1 heterocycles. The summed E-state index contributed by atoms with van der Waals surface area (Å²) in [5.41, 5.74) is 2.87. The van der Waals surface area contributed by atoms with Gasteiger partial charge in [-0.05, 0) is 61.4 Å². The first-order chi connectivity index (χ1) is 16.2. The first kappa shape index (κ1) is 24.0. The molecule has 1 amide bonds. The summed E-state index contributed by atoms with van der Waals surface area (Å²) in [7, 11) is -4.02. The smallest absolute Gasteiger partial charge is 0.263 e. The summed E-state index contributed by atoms with van der Waals surface area (Å²) < 4.78 is 42.9.